The summed E-state index contributed by atoms with van der Waals surface area (Å²) in [5, 5.41) is 5.09. The lowest BCUT2D eigenvalue weighted by molar-refractivity contribution is -0.128. The van der Waals surface area contributed by atoms with Gasteiger partial charge >= 0.3 is 0 Å². The Morgan fingerprint density at radius 3 is 2.46 bits per heavy atom. The fourth-order valence-corrected chi connectivity index (χ4v) is 3.01. The molecule has 0 aromatic heterocycles. The average molecular weight is 377 g/mol. The van der Waals surface area contributed by atoms with Crippen LogP contribution < -0.4 is 14.8 Å². The number of fused-ring (bicyclic) bond motifs is 1. The van der Waals surface area contributed by atoms with Crippen molar-refractivity contribution in [3.05, 3.63) is 72.3 Å². The molecule has 146 valence electrons. The normalized spacial score (nSPS) is 13.0. The van der Waals surface area contributed by atoms with Crippen LogP contribution in [0.3, 0.4) is 0 Å². The molecule has 0 fully saturated rings. The highest BCUT2D eigenvalue weighted by Gasteiger charge is 2.21. The third-order valence-corrected chi connectivity index (χ3v) is 4.59. The molecule has 1 N–H and O–H groups in total. The Bertz CT molecular complexity index is 915. The van der Waals surface area contributed by atoms with E-state index in [1.165, 1.54) is 5.56 Å². The van der Waals surface area contributed by atoms with Crippen molar-refractivity contribution in [2.45, 2.75) is 39.3 Å². The Hall–Kier alpha value is -3.01. The largest absolute Gasteiger partial charge is 0.491 e. The first-order valence-corrected chi connectivity index (χ1v) is 9.71. The highest BCUT2D eigenvalue weighted by molar-refractivity contribution is 5.89. The van der Waals surface area contributed by atoms with E-state index in [0.717, 1.165) is 22.3 Å². The summed E-state index contributed by atoms with van der Waals surface area (Å²) in [6.07, 6.45) is 0.0354. The predicted molar refractivity (Wildman–Crippen MR) is 113 cm³/mol. The molecule has 2 atom stereocenters. The van der Waals surface area contributed by atoms with E-state index >= 15 is 0 Å². The van der Waals surface area contributed by atoms with Crippen LogP contribution in [0.5, 0.6) is 11.5 Å². The molecule has 4 heteroatoms. The molecule has 3 aromatic rings. The van der Waals surface area contributed by atoms with Gasteiger partial charge in [-0.3, -0.25) is 4.79 Å². The molecule has 0 saturated carbocycles. The maximum atomic E-state index is 12.7. The van der Waals surface area contributed by atoms with Gasteiger partial charge in [0.15, 0.2) is 6.10 Å². The lowest BCUT2D eigenvalue weighted by Gasteiger charge is -2.21. The van der Waals surface area contributed by atoms with Crippen LogP contribution in [0, 0.1) is 6.92 Å². The van der Waals surface area contributed by atoms with Gasteiger partial charge in [0, 0.05) is 5.39 Å². The maximum absolute atomic E-state index is 12.7. The summed E-state index contributed by atoms with van der Waals surface area (Å²) in [5.74, 6) is 1.39. The molecule has 3 rings (SSSR count). The van der Waals surface area contributed by atoms with Crippen molar-refractivity contribution < 1.29 is 14.3 Å². The Balaban J connectivity index is 1.59. The second-order valence-corrected chi connectivity index (χ2v) is 7.03. The molecule has 0 aliphatic rings. The van der Waals surface area contributed by atoms with E-state index in [0.29, 0.717) is 13.0 Å². The average Bonchev–Trinajstić information content (AvgIpc) is 2.71. The lowest BCUT2D eigenvalue weighted by atomic mass is 10.1. The van der Waals surface area contributed by atoms with E-state index < -0.39 is 6.10 Å². The third-order valence-electron chi connectivity index (χ3n) is 4.59. The van der Waals surface area contributed by atoms with E-state index in [-0.39, 0.29) is 11.9 Å². The van der Waals surface area contributed by atoms with Gasteiger partial charge < -0.3 is 14.8 Å². The zero-order valence-electron chi connectivity index (χ0n) is 16.6. The Morgan fingerprint density at radius 2 is 1.71 bits per heavy atom. The smallest absolute Gasteiger partial charge is 0.261 e. The van der Waals surface area contributed by atoms with Gasteiger partial charge in [0.05, 0.1) is 6.04 Å². The molecule has 0 spiro atoms. The Labute approximate surface area is 166 Å². The first kappa shape index (κ1) is 19.7. The van der Waals surface area contributed by atoms with Crippen LogP contribution in [0.25, 0.3) is 10.8 Å². The van der Waals surface area contributed by atoms with E-state index in [4.69, 9.17) is 9.47 Å². The number of aryl methyl sites for hydroxylation is 1. The summed E-state index contributed by atoms with van der Waals surface area (Å²) in [7, 11) is 0. The van der Waals surface area contributed by atoms with Gasteiger partial charge in [-0.05, 0) is 43.9 Å². The van der Waals surface area contributed by atoms with Crippen molar-refractivity contribution in [2.24, 2.45) is 0 Å². The lowest BCUT2D eigenvalue weighted by Crippen LogP contribution is -2.44. The summed E-state index contributed by atoms with van der Waals surface area (Å²) in [6.45, 7) is 6.31. The van der Waals surface area contributed by atoms with Crippen molar-refractivity contribution in [2.75, 3.05) is 6.61 Å². The number of hydrogen-bond donors (Lipinski definition) is 1. The van der Waals surface area contributed by atoms with Crippen LogP contribution in [-0.2, 0) is 4.79 Å². The number of carbonyl (C=O) groups is 1. The minimum absolute atomic E-state index is 0.126. The Kier molecular flexibility index (Phi) is 6.53. The standard InChI is InChI=1S/C24H27NO3/c1-4-22(28-23-11-7-9-19-8-5-6-10-21(19)23)24(26)25-18(3)16-27-20-14-12-17(2)13-15-20/h5-15,18,22H,4,16H2,1-3H3,(H,25,26)/t18-,22-/m0/s1. The van der Waals surface area contributed by atoms with Gasteiger partial charge in [-0.1, -0.05) is 61.0 Å². The van der Waals surface area contributed by atoms with E-state index in [1.807, 2.05) is 87.5 Å². The second-order valence-electron chi connectivity index (χ2n) is 7.03. The number of hydrogen-bond acceptors (Lipinski definition) is 3. The van der Waals surface area contributed by atoms with Crippen LogP contribution in [0.1, 0.15) is 25.8 Å². The van der Waals surface area contributed by atoms with E-state index in [1.54, 1.807) is 0 Å². The van der Waals surface area contributed by atoms with Crippen LogP contribution in [0.15, 0.2) is 66.7 Å². The van der Waals surface area contributed by atoms with Crippen LogP contribution in [-0.4, -0.2) is 24.7 Å². The molecule has 1 amide bonds. The van der Waals surface area contributed by atoms with Crippen LogP contribution >= 0.6 is 0 Å². The first-order chi connectivity index (χ1) is 13.6. The first-order valence-electron chi connectivity index (χ1n) is 9.71. The number of amides is 1. The van der Waals surface area contributed by atoms with Gasteiger partial charge in [0.25, 0.3) is 5.91 Å². The minimum Gasteiger partial charge on any atom is -0.491 e. The van der Waals surface area contributed by atoms with Crippen molar-refractivity contribution in [1.29, 1.82) is 0 Å². The van der Waals surface area contributed by atoms with Gasteiger partial charge in [-0.25, -0.2) is 0 Å². The van der Waals surface area contributed by atoms with Gasteiger partial charge in [0.1, 0.15) is 18.1 Å². The number of nitrogens with one attached hydrogen (secondary N) is 1. The number of rotatable bonds is 8. The molecule has 3 aromatic carbocycles. The van der Waals surface area contributed by atoms with Crippen LogP contribution in [0.4, 0.5) is 0 Å². The topological polar surface area (TPSA) is 47.6 Å². The predicted octanol–water partition coefficient (Wildman–Crippen LogP) is 4.89. The fraction of sp³-hybridized carbons (Fsp3) is 0.292. The molecule has 4 nitrogen and oxygen atoms in total. The molecule has 0 aliphatic heterocycles. The van der Waals surface area contributed by atoms with Crippen LogP contribution in [0.2, 0.25) is 0 Å². The number of ether oxygens (including phenoxy) is 2. The highest BCUT2D eigenvalue weighted by Crippen LogP contribution is 2.26. The van der Waals surface area contributed by atoms with Gasteiger partial charge in [0.2, 0.25) is 0 Å². The summed E-state index contributed by atoms with van der Waals surface area (Å²) < 4.78 is 11.8. The SMILES string of the molecule is CC[C@H](Oc1cccc2ccccc12)C(=O)N[C@@H](C)COc1ccc(C)cc1. The van der Waals surface area contributed by atoms with E-state index in [9.17, 15) is 4.79 Å². The molecule has 0 radical (unpaired) electrons. The second kappa shape index (κ2) is 9.27. The fourth-order valence-electron chi connectivity index (χ4n) is 3.01. The summed E-state index contributed by atoms with van der Waals surface area (Å²) in [4.78, 5) is 12.7. The van der Waals surface area contributed by atoms with E-state index in [2.05, 4.69) is 5.32 Å². The van der Waals surface area contributed by atoms with Gasteiger partial charge in [-0.15, -0.1) is 0 Å². The highest BCUT2D eigenvalue weighted by atomic mass is 16.5. The summed E-state index contributed by atoms with van der Waals surface area (Å²) >= 11 is 0. The molecule has 0 unspecified atom stereocenters. The summed E-state index contributed by atoms with van der Waals surface area (Å²) in [5.41, 5.74) is 1.19. The molecule has 28 heavy (non-hydrogen) atoms. The quantitative estimate of drug-likeness (QED) is 0.608. The molecule has 0 aliphatic carbocycles. The minimum atomic E-state index is -0.548. The number of benzene rings is 3. The maximum Gasteiger partial charge on any atom is 0.261 e. The molecule has 0 bridgehead atoms. The molecule has 0 heterocycles. The Morgan fingerprint density at radius 1 is 1.00 bits per heavy atom. The van der Waals surface area contributed by atoms with Crippen molar-refractivity contribution in [3.8, 4) is 11.5 Å². The molecule has 0 saturated heterocycles. The molecular formula is C24H27NO3. The third kappa shape index (κ3) is 5.03. The monoisotopic (exact) mass is 377 g/mol. The van der Waals surface area contributed by atoms with Crippen molar-refractivity contribution >= 4 is 16.7 Å². The zero-order valence-corrected chi connectivity index (χ0v) is 16.6. The summed E-state index contributed by atoms with van der Waals surface area (Å²) in [6, 6.07) is 21.6. The van der Waals surface area contributed by atoms with Crippen molar-refractivity contribution in [3.63, 3.8) is 0 Å². The number of carbonyl (C=O) groups excluding carboxylic acids is 1. The molecular weight excluding hydrogens is 350 g/mol. The zero-order chi connectivity index (χ0) is 19.9. The van der Waals surface area contributed by atoms with Gasteiger partial charge in [-0.2, -0.15) is 0 Å². The van der Waals surface area contributed by atoms with Crippen molar-refractivity contribution in [1.82, 2.24) is 5.32 Å².